The molecule has 9 heteroatoms. The average Bonchev–Trinajstić information content (AvgIpc) is 2.64. The fourth-order valence-corrected chi connectivity index (χ4v) is 2.39. The molecule has 0 saturated heterocycles. The first-order valence-electron chi connectivity index (χ1n) is 8.19. The quantitative estimate of drug-likeness (QED) is 0.388. The highest BCUT2D eigenvalue weighted by atomic mass is 35.5. The Morgan fingerprint density at radius 2 is 1.93 bits per heavy atom. The predicted molar refractivity (Wildman–Crippen MR) is 106 cm³/mol. The van der Waals surface area contributed by atoms with E-state index in [4.69, 9.17) is 22.1 Å². The van der Waals surface area contributed by atoms with Crippen molar-refractivity contribution in [3.63, 3.8) is 0 Å². The maximum Gasteiger partial charge on any atom is 0.329 e. The molecule has 0 heterocycles. The molecule has 0 spiro atoms. The number of carbonyl (C=O) groups is 3. The van der Waals surface area contributed by atoms with E-state index in [1.807, 2.05) is 19.9 Å². The summed E-state index contributed by atoms with van der Waals surface area (Å²) in [5, 5.41) is 6.51. The molecule has 0 atom stereocenters. The van der Waals surface area contributed by atoms with Gasteiger partial charge >= 0.3 is 11.8 Å². The van der Waals surface area contributed by atoms with Crippen LogP contribution in [0.4, 0.5) is 5.69 Å². The van der Waals surface area contributed by atoms with E-state index in [0.717, 1.165) is 11.1 Å². The first-order valence-corrected chi connectivity index (χ1v) is 8.57. The van der Waals surface area contributed by atoms with Crippen LogP contribution in [-0.2, 0) is 14.4 Å². The lowest BCUT2D eigenvalue weighted by atomic mass is 10.1. The normalized spacial score (nSPS) is 10.5. The Morgan fingerprint density at radius 1 is 1.18 bits per heavy atom. The van der Waals surface area contributed by atoms with E-state index in [0.29, 0.717) is 11.3 Å². The predicted octanol–water partition coefficient (Wildman–Crippen LogP) is 1.91. The van der Waals surface area contributed by atoms with Gasteiger partial charge in [0.25, 0.3) is 5.91 Å². The molecule has 2 rings (SSSR count). The molecule has 0 bridgehead atoms. The lowest BCUT2D eigenvalue weighted by molar-refractivity contribution is -0.136. The number of aryl methyl sites for hydroxylation is 1. The maximum absolute atomic E-state index is 12.0. The number of anilines is 1. The number of rotatable bonds is 6. The second-order valence-corrected chi connectivity index (χ2v) is 6.25. The Balaban J connectivity index is 1.93. The van der Waals surface area contributed by atoms with E-state index in [1.165, 1.54) is 18.3 Å². The van der Waals surface area contributed by atoms with E-state index in [1.54, 1.807) is 18.2 Å². The van der Waals surface area contributed by atoms with Crippen LogP contribution in [0.2, 0.25) is 5.02 Å². The van der Waals surface area contributed by atoms with Gasteiger partial charge in [-0.1, -0.05) is 23.7 Å². The Labute approximate surface area is 166 Å². The minimum absolute atomic E-state index is 0.240. The number of amides is 3. The fourth-order valence-electron chi connectivity index (χ4n) is 2.15. The minimum Gasteiger partial charge on any atom is -0.482 e. The number of nitrogens with two attached hydrogens (primary N) is 1. The van der Waals surface area contributed by atoms with Crippen LogP contribution >= 0.6 is 11.6 Å². The van der Waals surface area contributed by atoms with E-state index in [2.05, 4.69) is 15.8 Å². The second-order valence-electron chi connectivity index (χ2n) is 5.85. The van der Waals surface area contributed by atoms with Crippen molar-refractivity contribution in [2.45, 2.75) is 13.8 Å². The molecule has 0 aromatic heterocycles. The standard InChI is InChI=1S/C19H19ClN4O4/c1-11-4-3-5-15(12(11)2)23-18(26)19(27)24-22-9-13-6-7-16(14(20)8-13)28-10-17(21)25/h3-9H,10H2,1-2H3,(H2,21,25)(H,23,26)(H,24,27)/b22-9-. The maximum atomic E-state index is 12.0. The molecule has 0 saturated carbocycles. The third kappa shape index (κ3) is 5.82. The highest BCUT2D eigenvalue weighted by molar-refractivity contribution is 6.39. The van der Waals surface area contributed by atoms with Gasteiger partial charge in [-0.2, -0.15) is 5.10 Å². The molecule has 0 radical (unpaired) electrons. The van der Waals surface area contributed by atoms with Crippen molar-refractivity contribution < 1.29 is 19.1 Å². The molecule has 8 nitrogen and oxygen atoms in total. The van der Waals surface area contributed by atoms with Crippen LogP contribution in [0.1, 0.15) is 16.7 Å². The molecule has 0 aliphatic rings. The smallest absolute Gasteiger partial charge is 0.329 e. The summed E-state index contributed by atoms with van der Waals surface area (Å²) in [5.74, 6) is -2.08. The lowest BCUT2D eigenvalue weighted by Crippen LogP contribution is -2.32. The molecule has 3 amide bonds. The molecule has 2 aromatic carbocycles. The molecule has 0 unspecified atom stereocenters. The molecule has 2 aromatic rings. The molecular formula is C19H19ClN4O4. The van der Waals surface area contributed by atoms with Crippen molar-refractivity contribution >= 4 is 41.2 Å². The largest absolute Gasteiger partial charge is 0.482 e. The van der Waals surface area contributed by atoms with Gasteiger partial charge < -0.3 is 15.8 Å². The van der Waals surface area contributed by atoms with Gasteiger partial charge in [0.15, 0.2) is 6.61 Å². The van der Waals surface area contributed by atoms with Crippen molar-refractivity contribution in [3.8, 4) is 5.75 Å². The summed E-state index contributed by atoms with van der Waals surface area (Å²) < 4.78 is 5.13. The number of ether oxygens (including phenoxy) is 1. The Morgan fingerprint density at radius 3 is 2.61 bits per heavy atom. The molecule has 4 N–H and O–H groups in total. The monoisotopic (exact) mass is 402 g/mol. The zero-order valence-corrected chi connectivity index (χ0v) is 16.0. The molecule has 0 fully saturated rings. The van der Waals surface area contributed by atoms with Crippen molar-refractivity contribution in [2.24, 2.45) is 10.8 Å². The summed E-state index contributed by atoms with van der Waals surface area (Å²) in [6, 6.07) is 10.1. The number of nitrogens with zero attached hydrogens (tertiary/aromatic N) is 1. The number of halogens is 1. The van der Waals surface area contributed by atoms with Crippen LogP contribution < -0.4 is 21.2 Å². The number of nitrogens with one attached hydrogen (secondary N) is 2. The molecular weight excluding hydrogens is 384 g/mol. The fraction of sp³-hybridized carbons (Fsp3) is 0.158. The van der Waals surface area contributed by atoms with Gasteiger partial charge in [-0.05, 0) is 54.8 Å². The van der Waals surface area contributed by atoms with E-state index >= 15 is 0 Å². The van der Waals surface area contributed by atoms with E-state index in [-0.39, 0.29) is 17.4 Å². The van der Waals surface area contributed by atoms with Crippen molar-refractivity contribution in [2.75, 3.05) is 11.9 Å². The van der Waals surface area contributed by atoms with Crippen LogP contribution in [0.5, 0.6) is 5.75 Å². The van der Waals surface area contributed by atoms with Crippen LogP contribution in [0.15, 0.2) is 41.5 Å². The SMILES string of the molecule is Cc1cccc(NC(=O)C(=O)N/N=C\c2ccc(OCC(N)=O)c(Cl)c2)c1C. The van der Waals surface area contributed by atoms with Gasteiger partial charge in [-0.3, -0.25) is 14.4 Å². The molecule has 146 valence electrons. The third-order valence-electron chi connectivity index (χ3n) is 3.76. The Kier molecular flexibility index (Phi) is 7.11. The molecule has 0 aliphatic heterocycles. The van der Waals surface area contributed by atoms with Gasteiger partial charge in [0.1, 0.15) is 5.75 Å². The average molecular weight is 403 g/mol. The minimum atomic E-state index is -0.912. The summed E-state index contributed by atoms with van der Waals surface area (Å²) in [6.07, 6.45) is 1.31. The third-order valence-corrected chi connectivity index (χ3v) is 4.06. The number of benzene rings is 2. The zero-order valence-electron chi connectivity index (χ0n) is 15.3. The van der Waals surface area contributed by atoms with Gasteiger partial charge in [0, 0.05) is 5.69 Å². The van der Waals surface area contributed by atoms with Gasteiger partial charge in [-0.25, -0.2) is 5.43 Å². The first-order chi connectivity index (χ1) is 13.3. The highest BCUT2D eigenvalue weighted by Crippen LogP contribution is 2.24. The lowest BCUT2D eigenvalue weighted by Gasteiger charge is -2.09. The van der Waals surface area contributed by atoms with Crippen molar-refractivity contribution in [1.82, 2.24) is 5.43 Å². The summed E-state index contributed by atoms with van der Waals surface area (Å²) in [6.45, 7) is 3.46. The van der Waals surface area contributed by atoms with Gasteiger partial charge in [-0.15, -0.1) is 0 Å². The number of hydrogen-bond donors (Lipinski definition) is 3. The molecule has 28 heavy (non-hydrogen) atoms. The Hall–Kier alpha value is -3.39. The number of primary amides is 1. The summed E-state index contributed by atoms with van der Waals surface area (Å²) in [5.41, 5.74) is 10.1. The second kappa shape index (κ2) is 9.52. The van der Waals surface area contributed by atoms with Crippen LogP contribution in [-0.4, -0.2) is 30.5 Å². The number of hydrogen-bond acceptors (Lipinski definition) is 5. The summed E-state index contributed by atoms with van der Waals surface area (Å²) in [4.78, 5) is 34.6. The summed E-state index contributed by atoms with van der Waals surface area (Å²) in [7, 11) is 0. The van der Waals surface area contributed by atoms with Crippen LogP contribution in [0, 0.1) is 13.8 Å². The van der Waals surface area contributed by atoms with E-state index in [9.17, 15) is 14.4 Å². The van der Waals surface area contributed by atoms with E-state index < -0.39 is 17.7 Å². The Bertz CT molecular complexity index is 944. The number of carbonyl (C=O) groups excluding carboxylic acids is 3. The number of hydrazone groups is 1. The zero-order chi connectivity index (χ0) is 20.7. The van der Waals surface area contributed by atoms with Crippen molar-refractivity contribution in [3.05, 3.63) is 58.1 Å². The van der Waals surface area contributed by atoms with Crippen LogP contribution in [0.3, 0.4) is 0 Å². The van der Waals surface area contributed by atoms with Crippen LogP contribution in [0.25, 0.3) is 0 Å². The van der Waals surface area contributed by atoms with Gasteiger partial charge in [0.05, 0.1) is 11.2 Å². The highest BCUT2D eigenvalue weighted by Gasteiger charge is 2.14. The summed E-state index contributed by atoms with van der Waals surface area (Å²) >= 11 is 6.03. The van der Waals surface area contributed by atoms with Crippen molar-refractivity contribution in [1.29, 1.82) is 0 Å². The first kappa shape index (κ1) is 20.9. The topological polar surface area (TPSA) is 123 Å². The molecule has 0 aliphatic carbocycles. The van der Waals surface area contributed by atoms with Gasteiger partial charge in [0.2, 0.25) is 0 Å².